The second kappa shape index (κ2) is 2.94. The standard InChI is InChI=1S/C7H9N3O2/c8-3-5-6-7(10-4-9-5)12-2-1-11-6/h4H,1-3,8H2. The zero-order chi connectivity index (χ0) is 8.39. The number of rotatable bonds is 1. The van der Waals surface area contributed by atoms with E-state index >= 15 is 0 Å². The van der Waals surface area contributed by atoms with Gasteiger partial charge in [-0.3, -0.25) is 0 Å². The average Bonchev–Trinajstić information content (AvgIpc) is 2.17. The number of fused-ring (bicyclic) bond motifs is 1. The molecule has 0 atom stereocenters. The number of hydrogen-bond donors (Lipinski definition) is 1. The van der Waals surface area contributed by atoms with Crippen molar-refractivity contribution in [1.29, 1.82) is 0 Å². The van der Waals surface area contributed by atoms with Crippen LogP contribution in [0.15, 0.2) is 6.33 Å². The zero-order valence-electron chi connectivity index (χ0n) is 6.49. The summed E-state index contributed by atoms with van der Waals surface area (Å²) in [6, 6.07) is 0. The minimum atomic E-state index is 0.341. The van der Waals surface area contributed by atoms with Gasteiger partial charge in [0.1, 0.15) is 25.2 Å². The Bertz CT molecular complexity index is 276. The predicted molar refractivity (Wildman–Crippen MR) is 40.9 cm³/mol. The molecule has 5 nitrogen and oxygen atoms in total. The van der Waals surface area contributed by atoms with Crippen molar-refractivity contribution >= 4 is 0 Å². The lowest BCUT2D eigenvalue weighted by Crippen LogP contribution is -2.19. The van der Waals surface area contributed by atoms with Gasteiger partial charge in [0.15, 0.2) is 0 Å². The molecule has 0 aromatic carbocycles. The number of aromatic nitrogens is 2. The van der Waals surface area contributed by atoms with Crippen LogP contribution in [0.2, 0.25) is 0 Å². The second-order valence-electron chi connectivity index (χ2n) is 2.36. The van der Waals surface area contributed by atoms with Crippen LogP contribution in [-0.4, -0.2) is 23.2 Å². The highest BCUT2D eigenvalue weighted by atomic mass is 16.6. The van der Waals surface area contributed by atoms with Crippen LogP contribution < -0.4 is 15.2 Å². The zero-order valence-corrected chi connectivity index (χ0v) is 6.49. The van der Waals surface area contributed by atoms with E-state index in [4.69, 9.17) is 15.2 Å². The van der Waals surface area contributed by atoms with Crippen molar-refractivity contribution in [3.8, 4) is 11.6 Å². The van der Waals surface area contributed by atoms with Gasteiger partial charge in [-0.05, 0) is 0 Å². The van der Waals surface area contributed by atoms with E-state index in [-0.39, 0.29) is 0 Å². The maximum absolute atomic E-state index is 5.45. The van der Waals surface area contributed by atoms with Gasteiger partial charge < -0.3 is 15.2 Å². The largest absolute Gasteiger partial charge is 0.483 e. The monoisotopic (exact) mass is 167 g/mol. The summed E-state index contributed by atoms with van der Waals surface area (Å²) in [5.41, 5.74) is 6.14. The summed E-state index contributed by atoms with van der Waals surface area (Å²) < 4.78 is 10.5. The first-order chi connectivity index (χ1) is 5.92. The first-order valence-corrected chi connectivity index (χ1v) is 3.71. The Labute approximate surface area is 69.5 Å². The van der Waals surface area contributed by atoms with E-state index in [1.807, 2.05) is 0 Å². The molecule has 0 unspecified atom stereocenters. The van der Waals surface area contributed by atoms with Crippen LogP contribution in [0, 0.1) is 0 Å². The number of nitrogens with two attached hydrogens (primary N) is 1. The molecule has 0 spiro atoms. The fourth-order valence-electron chi connectivity index (χ4n) is 1.07. The molecule has 2 rings (SSSR count). The van der Waals surface area contributed by atoms with E-state index in [0.717, 1.165) is 0 Å². The molecule has 1 aliphatic heterocycles. The van der Waals surface area contributed by atoms with Gasteiger partial charge >= 0.3 is 0 Å². The smallest absolute Gasteiger partial charge is 0.260 e. The Morgan fingerprint density at radius 2 is 2.17 bits per heavy atom. The number of hydrogen-bond acceptors (Lipinski definition) is 5. The summed E-state index contributed by atoms with van der Waals surface area (Å²) >= 11 is 0. The van der Waals surface area contributed by atoms with E-state index in [1.165, 1.54) is 6.33 Å². The van der Waals surface area contributed by atoms with Crippen LogP contribution in [0.25, 0.3) is 0 Å². The van der Waals surface area contributed by atoms with Crippen molar-refractivity contribution in [1.82, 2.24) is 9.97 Å². The van der Waals surface area contributed by atoms with E-state index in [1.54, 1.807) is 0 Å². The number of nitrogens with zero attached hydrogens (tertiary/aromatic N) is 2. The Kier molecular flexibility index (Phi) is 1.79. The molecule has 0 bridgehead atoms. The Morgan fingerprint density at radius 1 is 1.33 bits per heavy atom. The van der Waals surface area contributed by atoms with Crippen LogP contribution in [-0.2, 0) is 6.54 Å². The highest BCUT2D eigenvalue weighted by Crippen LogP contribution is 2.29. The summed E-state index contributed by atoms with van der Waals surface area (Å²) in [4.78, 5) is 7.88. The minimum absolute atomic E-state index is 0.341. The first kappa shape index (κ1) is 7.30. The molecule has 0 fully saturated rings. The molecule has 0 radical (unpaired) electrons. The molecule has 1 aliphatic rings. The van der Waals surface area contributed by atoms with Gasteiger partial charge in [0.05, 0.1) is 0 Å². The van der Waals surface area contributed by atoms with Crippen molar-refractivity contribution < 1.29 is 9.47 Å². The maximum atomic E-state index is 5.45. The Balaban J connectivity index is 2.44. The van der Waals surface area contributed by atoms with Crippen LogP contribution in [0.5, 0.6) is 11.6 Å². The van der Waals surface area contributed by atoms with E-state index < -0.39 is 0 Å². The third-order valence-electron chi connectivity index (χ3n) is 1.61. The van der Waals surface area contributed by atoms with Crippen LogP contribution in [0.4, 0.5) is 0 Å². The predicted octanol–water partition coefficient (Wildman–Crippen LogP) is -0.294. The van der Waals surface area contributed by atoms with E-state index in [2.05, 4.69) is 9.97 Å². The van der Waals surface area contributed by atoms with E-state index in [9.17, 15) is 0 Å². The lowest BCUT2D eigenvalue weighted by Gasteiger charge is -2.18. The molecule has 0 amide bonds. The van der Waals surface area contributed by atoms with Crippen LogP contribution in [0.1, 0.15) is 5.69 Å². The normalized spacial score (nSPS) is 14.4. The van der Waals surface area contributed by atoms with Crippen molar-refractivity contribution in [3.63, 3.8) is 0 Å². The fraction of sp³-hybridized carbons (Fsp3) is 0.429. The Morgan fingerprint density at radius 3 is 3.00 bits per heavy atom. The molecule has 2 N–H and O–H groups in total. The van der Waals surface area contributed by atoms with Gasteiger partial charge in [0, 0.05) is 6.54 Å². The molecule has 2 heterocycles. The molecule has 0 saturated carbocycles. The summed E-state index contributed by atoms with van der Waals surface area (Å²) in [6.45, 7) is 1.41. The summed E-state index contributed by atoms with van der Waals surface area (Å²) in [5.74, 6) is 1.09. The highest BCUT2D eigenvalue weighted by molar-refractivity contribution is 5.38. The molecule has 12 heavy (non-hydrogen) atoms. The average molecular weight is 167 g/mol. The van der Waals surface area contributed by atoms with Crippen molar-refractivity contribution in [2.75, 3.05) is 13.2 Å². The van der Waals surface area contributed by atoms with Crippen molar-refractivity contribution in [3.05, 3.63) is 12.0 Å². The highest BCUT2D eigenvalue weighted by Gasteiger charge is 2.16. The SMILES string of the molecule is NCc1ncnc2c1OCCO2. The summed E-state index contributed by atoms with van der Waals surface area (Å²) in [6.07, 6.45) is 1.43. The molecular formula is C7H9N3O2. The molecule has 0 aliphatic carbocycles. The molecule has 64 valence electrons. The molecular weight excluding hydrogens is 158 g/mol. The van der Waals surface area contributed by atoms with Gasteiger partial charge in [0.2, 0.25) is 5.75 Å². The second-order valence-corrected chi connectivity index (χ2v) is 2.36. The molecule has 5 heteroatoms. The molecule has 1 aromatic heterocycles. The van der Waals surface area contributed by atoms with Crippen LogP contribution >= 0.6 is 0 Å². The lowest BCUT2D eigenvalue weighted by molar-refractivity contribution is 0.161. The summed E-state index contributed by atoms with van der Waals surface area (Å²) in [7, 11) is 0. The van der Waals surface area contributed by atoms with Gasteiger partial charge in [0.25, 0.3) is 5.88 Å². The third kappa shape index (κ3) is 1.08. The van der Waals surface area contributed by atoms with E-state index in [0.29, 0.717) is 37.1 Å². The van der Waals surface area contributed by atoms with Gasteiger partial charge in [-0.25, -0.2) is 4.98 Å². The minimum Gasteiger partial charge on any atom is -0.483 e. The lowest BCUT2D eigenvalue weighted by atomic mass is 10.3. The van der Waals surface area contributed by atoms with Crippen molar-refractivity contribution in [2.24, 2.45) is 5.73 Å². The fourth-order valence-corrected chi connectivity index (χ4v) is 1.07. The van der Waals surface area contributed by atoms with Crippen LogP contribution in [0.3, 0.4) is 0 Å². The number of ether oxygens (including phenoxy) is 2. The van der Waals surface area contributed by atoms with Crippen molar-refractivity contribution in [2.45, 2.75) is 6.54 Å². The van der Waals surface area contributed by atoms with Gasteiger partial charge in [-0.2, -0.15) is 4.98 Å². The first-order valence-electron chi connectivity index (χ1n) is 3.71. The third-order valence-corrected chi connectivity index (χ3v) is 1.61. The quantitative estimate of drug-likeness (QED) is 0.622. The maximum Gasteiger partial charge on any atom is 0.260 e. The topological polar surface area (TPSA) is 70.3 Å². The molecule has 1 aromatic rings. The molecule has 0 saturated heterocycles. The van der Waals surface area contributed by atoms with Gasteiger partial charge in [-0.1, -0.05) is 0 Å². The Hall–Kier alpha value is -1.36. The summed E-state index contributed by atoms with van der Waals surface area (Å²) in [5, 5.41) is 0. The van der Waals surface area contributed by atoms with Gasteiger partial charge in [-0.15, -0.1) is 0 Å².